The number of fused-ring (bicyclic) bond motifs is 5. The van der Waals surface area contributed by atoms with Gasteiger partial charge in [-0.15, -0.1) is 0 Å². The third-order valence-corrected chi connectivity index (χ3v) is 12.5. The largest absolute Gasteiger partial charge is 0.392 e. The molecule has 5 rings (SSSR count). The Morgan fingerprint density at radius 2 is 1.62 bits per heavy atom. The third kappa shape index (κ3) is 2.97. The predicted octanol–water partition coefficient (Wildman–Crippen LogP) is 5.84. The van der Waals surface area contributed by atoms with Gasteiger partial charge in [0.1, 0.15) is 5.78 Å². The van der Waals surface area contributed by atoms with Crippen molar-refractivity contribution in [2.45, 2.75) is 130 Å². The molecule has 9 unspecified atom stereocenters. The van der Waals surface area contributed by atoms with Crippen molar-refractivity contribution in [3.05, 3.63) is 11.6 Å². The molecule has 0 radical (unpaired) electrons. The van der Waals surface area contributed by atoms with Crippen molar-refractivity contribution in [3.8, 4) is 0 Å². The second-order valence-corrected chi connectivity index (χ2v) is 14.7. The molecule has 0 aromatic rings. The molecule has 0 aromatic heterocycles. The van der Waals surface area contributed by atoms with Crippen LogP contribution in [-0.4, -0.2) is 39.4 Å². The summed E-state index contributed by atoms with van der Waals surface area (Å²) in [6.45, 7) is 17.5. The number of rotatable bonds is 2. The number of aliphatic hydroxyl groups is 2. The number of ether oxygens (including phenoxy) is 1. The van der Waals surface area contributed by atoms with Crippen LogP contribution >= 0.6 is 0 Å². The van der Waals surface area contributed by atoms with Gasteiger partial charge >= 0.3 is 0 Å². The van der Waals surface area contributed by atoms with E-state index in [0.717, 1.165) is 44.9 Å². The van der Waals surface area contributed by atoms with Crippen LogP contribution in [0.25, 0.3) is 0 Å². The van der Waals surface area contributed by atoms with E-state index < -0.39 is 5.60 Å². The van der Waals surface area contributed by atoms with E-state index >= 15 is 0 Å². The van der Waals surface area contributed by atoms with Crippen LogP contribution in [0.2, 0.25) is 0 Å². The van der Waals surface area contributed by atoms with E-state index in [9.17, 15) is 15.0 Å². The Morgan fingerprint density at radius 1 is 0.941 bits per heavy atom. The Hall–Kier alpha value is -0.710. The van der Waals surface area contributed by atoms with E-state index in [1.54, 1.807) is 0 Å². The molecule has 4 heteroatoms. The average molecular weight is 473 g/mol. The highest BCUT2D eigenvalue weighted by Crippen LogP contribution is 2.75. The van der Waals surface area contributed by atoms with Crippen molar-refractivity contribution in [2.24, 2.45) is 39.4 Å². The number of carbonyl (C=O) groups is 1. The smallest absolute Gasteiger partial charge is 0.140 e. The number of carbonyl (C=O) groups excluding carboxylic acids is 1. The molecule has 1 aliphatic heterocycles. The molecule has 4 fully saturated rings. The van der Waals surface area contributed by atoms with E-state index in [2.05, 4.69) is 47.6 Å². The van der Waals surface area contributed by atoms with Gasteiger partial charge in [-0.25, -0.2) is 0 Å². The van der Waals surface area contributed by atoms with E-state index in [0.29, 0.717) is 24.0 Å². The quantitative estimate of drug-likeness (QED) is 0.496. The van der Waals surface area contributed by atoms with Crippen LogP contribution in [0.1, 0.15) is 107 Å². The number of hydrogen-bond donors (Lipinski definition) is 2. The maximum Gasteiger partial charge on any atom is 0.140 e. The molecule has 1 heterocycles. The Kier molecular flexibility index (Phi) is 5.28. The Balaban J connectivity index is 1.53. The summed E-state index contributed by atoms with van der Waals surface area (Å²) in [7, 11) is 0. The standard InChI is InChI=1S/C30H48O4/c1-25(2)18-9-11-21-27(5)15-13-20(29(7)16-14-24(34-29)26(3,4)33)28(27,6)17-23(32)30(21,8)19(18)10-12-22(25)31/h9,19-22,24,31,33H,10-17H2,1-8H3. The van der Waals surface area contributed by atoms with Crippen molar-refractivity contribution >= 4 is 5.78 Å². The fourth-order valence-corrected chi connectivity index (χ4v) is 10.0. The Labute approximate surface area is 206 Å². The monoisotopic (exact) mass is 472 g/mol. The van der Waals surface area contributed by atoms with Crippen LogP contribution in [0.5, 0.6) is 0 Å². The molecule has 1 saturated heterocycles. The molecule has 0 bridgehead atoms. The fourth-order valence-electron chi connectivity index (χ4n) is 10.0. The molecule has 0 spiro atoms. The normalized spacial score (nSPS) is 52.6. The number of aliphatic hydroxyl groups excluding tert-OH is 1. The molecule has 192 valence electrons. The number of Topliss-reactive ketones (excluding diaryl/α,β-unsaturated/α-hetero) is 1. The minimum absolute atomic E-state index is 0.0712. The van der Waals surface area contributed by atoms with Crippen molar-refractivity contribution in [1.29, 1.82) is 0 Å². The van der Waals surface area contributed by atoms with E-state index in [1.807, 2.05) is 13.8 Å². The molecule has 34 heavy (non-hydrogen) atoms. The molecule has 0 amide bonds. The summed E-state index contributed by atoms with van der Waals surface area (Å²) >= 11 is 0. The lowest BCUT2D eigenvalue weighted by Crippen LogP contribution is -2.64. The van der Waals surface area contributed by atoms with Gasteiger partial charge in [0.15, 0.2) is 0 Å². The highest BCUT2D eigenvalue weighted by atomic mass is 16.5. The highest BCUT2D eigenvalue weighted by molar-refractivity contribution is 5.88. The molecule has 9 atom stereocenters. The van der Waals surface area contributed by atoms with Crippen molar-refractivity contribution < 1.29 is 19.7 Å². The van der Waals surface area contributed by atoms with Crippen molar-refractivity contribution in [2.75, 3.05) is 0 Å². The summed E-state index contributed by atoms with van der Waals surface area (Å²) in [5.74, 6) is 1.33. The van der Waals surface area contributed by atoms with Crippen LogP contribution in [0.15, 0.2) is 11.6 Å². The second kappa shape index (κ2) is 7.19. The summed E-state index contributed by atoms with van der Waals surface area (Å²) in [5, 5.41) is 21.4. The first kappa shape index (κ1) is 25.0. The van der Waals surface area contributed by atoms with Gasteiger partial charge in [0.2, 0.25) is 0 Å². The zero-order valence-electron chi connectivity index (χ0n) is 22.8. The maximum absolute atomic E-state index is 14.3. The van der Waals surface area contributed by atoms with Gasteiger partial charge < -0.3 is 14.9 Å². The minimum Gasteiger partial charge on any atom is -0.392 e. The van der Waals surface area contributed by atoms with Crippen LogP contribution in [0.3, 0.4) is 0 Å². The van der Waals surface area contributed by atoms with Gasteiger partial charge in [0, 0.05) is 17.3 Å². The molecular formula is C30H48O4. The molecule has 5 aliphatic rings. The lowest BCUT2D eigenvalue weighted by molar-refractivity contribution is -0.190. The molecule has 4 nitrogen and oxygen atoms in total. The second-order valence-electron chi connectivity index (χ2n) is 14.7. The summed E-state index contributed by atoms with van der Waals surface area (Å²) in [6, 6.07) is 0. The van der Waals surface area contributed by atoms with Gasteiger partial charge in [0.05, 0.1) is 23.4 Å². The Morgan fingerprint density at radius 3 is 2.24 bits per heavy atom. The summed E-state index contributed by atoms with van der Waals surface area (Å²) in [6.07, 6.45) is 9.27. The van der Waals surface area contributed by atoms with Crippen LogP contribution in [0, 0.1) is 39.4 Å². The molecule has 4 aliphatic carbocycles. The molecule has 0 aromatic carbocycles. The number of hydrogen-bond acceptors (Lipinski definition) is 4. The summed E-state index contributed by atoms with van der Waals surface area (Å²) in [4.78, 5) is 14.3. The fraction of sp³-hybridized carbons (Fsp3) is 0.900. The van der Waals surface area contributed by atoms with Crippen molar-refractivity contribution in [1.82, 2.24) is 0 Å². The minimum atomic E-state index is -0.843. The summed E-state index contributed by atoms with van der Waals surface area (Å²) in [5.41, 5.74) is -0.443. The Bertz CT molecular complexity index is 913. The number of ketones is 1. The van der Waals surface area contributed by atoms with Crippen LogP contribution < -0.4 is 0 Å². The van der Waals surface area contributed by atoms with Gasteiger partial charge in [-0.05, 0) is 94.3 Å². The SMILES string of the molecule is CC(C)(O)C1CCC(C)(C2CCC3(C)C4CC=C5C(CCC(O)C5(C)C)C4(C)C(=O)CC23C)O1. The highest BCUT2D eigenvalue weighted by Gasteiger charge is 2.72. The molecule has 3 saturated carbocycles. The average Bonchev–Trinajstić information content (AvgIpc) is 3.24. The topological polar surface area (TPSA) is 66.8 Å². The third-order valence-electron chi connectivity index (χ3n) is 12.5. The number of allylic oxidation sites excluding steroid dienone is 1. The van der Waals surface area contributed by atoms with E-state index in [1.165, 1.54) is 5.57 Å². The lowest BCUT2D eigenvalue weighted by atomic mass is 9.38. The van der Waals surface area contributed by atoms with Gasteiger partial charge in [-0.1, -0.05) is 46.3 Å². The zero-order chi connectivity index (χ0) is 25.1. The van der Waals surface area contributed by atoms with Gasteiger partial charge in [-0.3, -0.25) is 4.79 Å². The molecular weight excluding hydrogens is 424 g/mol. The van der Waals surface area contributed by atoms with E-state index in [4.69, 9.17) is 4.74 Å². The first-order valence-electron chi connectivity index (χ1n) is 13.8. The van der Waals surface area contributed by atoms with E-state index in [-0.39, 0.29) is 45.4 Å². The van der Waals surface area contributed by atoms with Crippen LogP contribution in [0.4, 0.5) is 0 Å². The summed E-state index contributed by atoms with van der Waals surface area (Å²) < 4.78 is 6.68. The first-order valence-corrected chi connectivity index (χ1v) is 13.8. The van der Waals surface area contributed by atoms with Gasteiger partial charge in [-0.2, -0.15) is 0 Å². The maximum atomic E-state index is 14.3. The lowest BCUT2D eigenvalue weighted by Gasteiger charge is -2.65. The zero-order valence-corrected chi connectivity index (χ0v) is 22.8. The first-order chi connectivity index (χ1) is 15.5. The van der Waals surface area contributed by atoms with Crippen LogP contribution in [-0.2, 0) is 9.53 Å². The van der Waals surface area contributed by atoms with Gasteiger partial charge in [0.25, 0.3) is 0 Å². The van der Waals surface area contributed by atoms with Crippen molar-refractivity contribution in [3.63, 3.8) is 0 Å². The predicted molar refractivity (Wildman–Crippen MR) is 134 cm³/mol. The molecule has 2 N–H and O–H groups in total.